The number of rotatable bonds is 6. The van der Waals surface area contributed by atoms with Crippen molar-refractivity contribution in [1.82, 2.24) is 24.2 Å². The van der Waals surface area contributed by atoms with E-state index in [0.29, 0.717) is 17.9 Å². The molecule has 28 heavy (non-hydrogen) atoms. The molecule has 1 aliphatic heterocycles. The molecule has 0 radical (unpaired) electrons. The van der Waals surface area contributed by atoms with E-state index in [1.807, 2.05) is 18.1 Å². The van der Waals surface area contributed by atoms with Gasteiger partial charge >= 0.3 is 0 Å². The summed E-state index contributed by atoms with van der Waals surface area (Å²) in [6.07, 6.45) is 8.23. The van der Waals surface area contributed by atoms with Crippen LogP contribution in [0.1, 0.15) is 25.7 Å². The Bertz CT molecular complexity index is 838. The second-order valence-electron chi connectivity index (χ2n) is 8.36. The molecule has 0 spiro atoms. The highest BCUT2D eigenvalue weighted by molar-refractivity contribution is 7.97. The molecule has 3 heterocycles. The van der Waals surface area contributed by atoms with E-state index >= 15 is 0 Å². The number of nitrogens with one attached hydrogen (secondary N) is 1. The predicted molar refractivity (Wildman–Crippen MR) is 112 cm³/mol. The van der Waals surface area contributed by atoms with Crippen LogP contribution < -0.4 is 4.90 Å². The monoisotopic (exact) mass is 400 g/mol. The second-order valence-corrected chi connectivity index (χ2v) is 9.47. The number of fused-ring (bicyclic) bond motifs is 1. The van der Waals surface area contributed by atoms with Crippen LogP contribution in [0, 0.1) is 11.8 Å². The molecule has 8 heteroatoms. The van der Waals surface area contributed by atoms with E-state index in [4.69, 9.17) is 0 Å². The third-order valence-corrected chi connectivity index (χ3v) is 7.75. The molecule has 3 fully saturated rings. The minimum atomic E-state index is 0.352. The molecule has 1 N–H and O–H groups in total. The number of hydrogen-bond acceptors (Lipinski definition) is 6. The van der Waals surface area contributed by atoms with Crippen LogP contribution in [-0.2, 0) is 4.79 Å². The number of hydrogen-bond donors (Lipinski definition) is 1. The highest BCUT2D eigenvalue weighted by Gasteiger charge is 2.36. The van der Waals surface area contributed by atoms with Crippen LogP contribution in [0.15, 0.2) is 18.6 Å². The summed E-state index contributed by atoms with van der Waals surface area (Å²) in [5.41, 5.74) is 0.905. The van der Waals surface area contributed by atoms with Gasteiger partial charge in [0.15, 0.2) is 0 Å². The minimum Gasteiger partial charge on any atom is -0.356 e. The Morgan fingerprint density at radius 2 is 2.04 bits per heavy atom. The van der Waals surface area contributed by atoms with Gasteiger partial charge in [-0.05, 0) is 37.7 Å². The lowest BCUT2D eigenvalue weighted by Gasteiger charge is -2.42. The first-order valence-corrected chi connectivity index (χ1v) is 11.3. The molecule has 0 unspecified atom stereocenters. The van der Waals surface area contributed by atoms with Crippen LogP contribution in [0.4, 0.5) is 5.82 Å². The molecule has 1 saturated heterocycles. The Kier molecular flexibility index (Phi) is 4.92. The minimum absolute atomic E-state index is 0.352. The fraction of sp³-hybridized carbons (Fsp3) is 0.650. The lowest BCUT2D eigenvalue weighted by Crippen LogP contribution is -2.48. The van der Waals surface area contributed by atoms with Crippen molar-refractivity contribution in [3.63, 3.8) is 0 Å². The maximum Gasteiger partial charge on any atom is 0.225 e. The fourth-order valence-corrected chi connectivity index (χ4v) is 5.42. The van der Waals surface area contributed by atoms with E-state index in [1.165, 1.54) is 18.6 Å². The van der Waals surface area contributed by atoms with Gasteiger partial charge in [-0.15, -0.1) is 0 Å². The molecule has 0 atom stereocenters. The second kappa shape index (κ2) is 7.55. The van der Waals surface area contributed by atoms with Gasteiger partial charge in [-0.1, -0.05) is 11.9 Å². The van der Waals surface area contributed by atoms with Crippen molar-refractivity contribution < 1.29 is 4.79 Å². The summed E-state index contributed by atoms with van der Waals surface area (Å²) in [5, 5.41) is 1.10. The molecule has 7 nitrogen and oxygen atoms in total. The first-order valence-electron chi connectivity index (χ1n) is 10.4. The number of amides is 1. The van der Waals surface area contributed by atoms with Crippen LogP contribution in [0.5, 0.6) is 0 Å². The van der Waals surface area contributed by atoms with Crippen LogP contribution in [0.25, 0.3) is 11.0 Å². The number of aromatic nitrogens is 3. The molecular weight excluding hydrogens is 372 g/mol. The first-order chi connectivity index (χ1) is 13.7. The van der Waals surface area contributed by atoms with E-state index in [9.17, 15) is 4.79 Å². The molecule has 2 aliphatic carbocycles. The van der Waals surface area contributed by atoms with Crippen molar-refractivity contribution in [2.75, 3.05) is 43.9 Å². The van der Waals surface area contributed by atoms with Crippen LogP contribution in [0.2, 0.25) is 0 Å². The SMILES string of the molecule is CN(c1ncnc2[nH]ccc12)C1CC(CSN2CCN(C(=O)C3CC3)CC2)C1. The zero-order valence-electron chi connectivity index (χ0n) is 16.4. The van der Waals surface area contributed by atoms with E-state index < -0.39 is 0 Å². The van der Waals surface area contributed by atoms with Gasteiger partial charge in [-0.3, -0.25) is 4.79 Å². The summed E-state index contributed by atoms with van der Waals surface area (Å²) in [7, 11) is 2.15. The number of aromatic amines is 1. The molecule has 0 aromatic carbocycles. The van der Waals surface area contributed by atoms with E-state index in [0.717, 1.165) is 61.8 Å². The van der Waals surface area contributed by atoms with Gasteiger partial charge in [0.1, 0.15) is 17.8 Å². The van der Waals surface area contributed by atoms with Gasteiger partial charge in [-0.25, -0.2) is 14.3 Å². The van der Waals surface area contributed by atoms with Crippen LogP contribution in [-0.4, -0.2) is 75.1 Å². The van der Waals surface area contributed by atoms with E-state index in [-0.39, 0.29) is 0 Å². The van der Waals surface area contributed by atoms with Crippen LogP contribution in [0.3, 0.4) is 0 Å². The number of anilines is 1. The lowest BCUT2D eigenvalue weighted by molar-refractivity contribution is -0.133. The van der Waals surface area contributed by atoms with Gasteiger partial charge in [0.25, 0.3) is 0 Å². The number of carbonyl (C=O) groups is 1. The van der Waals surface area contributed by atoms with E-state index in [2.05, 4.69) is 42.2 Å². The third-order valence-electron chi connectivity index (χ3n) is 6.40. The van der Waals surface area contributed by atoms with Gasteiger partial charge in [-0.2, -0.15) is 0 Å². The van der Waals surface area contributed by atoms with Gasteiger partial charge in [0, 0.05) is 57.1 Å². The first kappa shape index (κ1) is 18.2. The molecular formula is C20H28N6OS. The quantitative estimate of drug-likeness (QED) is 0.751. The number of carbonyl (C=O) groups excluding carboxylic acids is 1. The number of H-pyrrole nitrogens is 1. The van der Waals surface area contributed by atoms with E-state index in [1.54, 1.807) is 6.33 Å². The standard InChI is InChI=1S/C20H28N6OS/c1-24(19-17-4-5-21-18(17)22-13-23-19)16-10-14(11-16)12-28-26-8-6-25(7-9-26)20(27)15-2-3-15/h4-5,13-16H,2-3,6-12H2,1H3,(H,21,22,23). The highest BCUT2D eigenvalue weighted by atomic mass is 32.2. The molecule has 2 aromatic rings. The molecule has 3 aliphatic rings. The normalized spacial score (nSPS) is 25.7. The molecule has 5 rings (SSSR count). The van der Waals surface area contributed by atoms with Crippen molar-refractivity contribution in [2.24, 2.45) is 11.8 Å². The summed E-state index contributed by atoms with van der Waals surface area (Å²) in [6.45, 7) is 3.81. The zero-order chi connectivity index (χ0) is 19.1. The molecule has 0 bridgehead atoms. The Morgan fingerprint density at radius 3 is 2.79 bits per heavy atom. The van der Waals surface area contributed by atoms with Crippen molar-refractivity contribution >= 4 is 34.7 Å². The van der Waals surface area contributed by atoms with Crippen molar-refractivity contribution in [3.05, 3.63) is 18.6 Å². The zero-order valence-corrected chi connectivity index (χ0v) is 17.2. The largest absolute Gasteiger partial charge is 0.356 e. The Morgan fingerprint density at radius 1 is 1.25 bits per heavy atom. The van der Waals surface area contributed by atoms with Gasteiger partial charge < -0.3 is 14.8 Å². The van der Waals surface area contributed by atoms with Crippen molar-refractivity contribution in [3.8, 4) is 0 Å². The van der Waals surface area contributed by atoms with Gasteiger partial charge in [0.05, 0.1) is 5.39 Å². The van der Waals surface area contributed by atoms with Crippen molar-refractivity contribution in [2.45, 2.75) is 31.7 Å². The summed E-state index contributed by atoms with van der Waals surface area (Å²) in [5.74, 6) is 3.73. The average molecular weight is 401 g/mol. The Balaban J connectivity index is 1.06. The number of piperazine rings is 1. The summed E-state index contributed by atoms with van der Waals surface area (Å²) < 4.78 is 2.46. The molecule has 1 amide bonds. The maximum atomic E-state index is 12.2. The topological polar surface area (TPSA) is 68.4 Å². The smallest absolute Gasteiger partial charge is 0.225 e. The third kappa shape index (κ3) is 3.59. The van der Waals surface area contributed by atoms with Crippen LogP contribution >= 0.6 is 11.9 Å². The molecule has 2 saturated carbocycles. The lowest BCUT2D eigenvalue weighted by atomic mass is 9.81. The molecule has 2 aromatic heterocycles. The predicted octanol–water partition coefficient (Wildman–Crippen LogP) is 2.38. The Hall–Kier alpha value is -1.80. The fourth-order valence-electron chi connectivity index (χ4n) is 4.30. The van der Waals surface area contributed by atoms with Crippen molar-refractivity contribution in [1.29, 1.82) is 0 Å². The Labute approximate surface area is 170 Å². The summed E-state index contributed by atoms with van der Waals surface area (Å²) in [4.78, 5) is 28.5. The molecule has 150 valence electrons. The highest BCUT2D eigenvalue weighted by Crippen LogP contribution is 2.37. The summed E-state index contributed by atoms with van der Waals surface area (Å²) >= 11 is 1.98. The number of nitrogens with zero attached hydrogens (tertiary/aromatic N) is 5. The average Bonchev–Trinajstić information content (AvgIpc) is 3.43. The summed E-state index contributed by atoms with van der Waals surface area (Å²) in [6, 6.07) is 2.62. The van der Waals surface area contributed by atoms with Gasteiger partial charge in [0.2, 0.25) is 5.91 Å². The maximum absolute atomic E-state index is 12.2.